The van der Waals surface area contributed by atoms with Gasteiger partial charge in [-0.25, -0.2) is 0 Å². The standard InChI is InChI=1S/C8H14O3/c1-4-6-9-7-8(3)11-10-5-2/h4-5,8H,1-2,6-7H2,3H3. The van der Waals surface area contributed by atoms with E-state index in [0.29, 0.717) is 13.2 Å². The van der Waals surface area contributed by atoms with Gasteiger partial charge in [-0.05, 0) is 6.92 Å². The molecule has 1 unspecified atom stereocenters. The summed E-state index contributed by atoms with van der Waals surface area (Å²) in [5.74, 6) is 0. The lowest BCUT2D eigenvalue weighted by Crippen LogP contribution is -2.15. The first-order valence-electron chi connectivity index (χ1n) is 3.43. The van der Waals surface area contributed by atoms with Crippen molar-refractivity contribution in [1.29, 1.82) is 0 Å². The van der Waals surface area contributed by atoms with Gasteiger partial charge in [0.25, 0.3) is 0 Å². The smallest absolute Gasteiger partial charge is 0.125 e. The third kappa shape index (κ3) is 7.09. The molecule has 0 aromatic carbocycles. The molecule has 0 aliphatic rings. The number of hydrogen-bond donors (Lipinski definition) is 0. The average molecular weight is 158 g/mol. The Morgan fingerprint density at radius 2 is 2.18 bits per heavy atom. The average Bonchev–Trinajstić information content (AvgIpc) is 2.01. The van der Waals surface area contributed by atoms with Gasteiger partial charge in [0.1, 0.15) is 12.4 Å². The van der Waals surface area contributed by atoms with E-state index in [4.69, 9.17) is 9.62 Å². The lowest BCUT2D eigenvalue weighted by molar-refractivity contribution is -0.285. The molecule has 0 saturated carbocycles. The highest BCUT2D eigenvalue weighted by molar-refractivity contribution is 4.64. The quantitative estimate of drug-likeness (QED) is 0.185. The maximum atomic E-state index is 5.08. The Morgan fingerprint density at radius 3 is 2.73 bits per heavy atom. The Kier molecular flexibility index (Phi) is 6.78. The second kappa shape index (κ2) is 7.31. The molecule has 0 aromatic heterocycles. The van der Waals surface area contributed by atoms with Crippen molar-refractivity contribution in [3.8, 4) is 0 Å². The summed E-state index contributed by atoms with van der Waals surface area (Å²) in [6.07, 6.45) is 2.82. The fourth-order valence-corrected chi connectivity index (χ4v) is 0.479. The third-order valence-electron chi connectivity index (χ3n) is 0.876. The molecule has 0 saturated heterocycles. The molecule has 0 heterocycles. The van der Waals surface area contributed by atoms with Gasteiger partial charge in [0.15, 0.2) is 0 Å². The van der Waals surface area contributed by atoms with Gasteiger partial charge in [0.2, 0.25) is 0 Å². The maximum Gasteiger partial charge on any atom is 0.125 e. The molecule has 1 atom stereocenters. The van der Waals surface area contributed by atoms with Crippen LogP contribution in [0.15, 0.2) is 25.5 Å². The van der Waals surface area contributed by atoms with Gasteiger partial charge in [-0.3, -0.25) is 0 Å². The van der Waals surface area contributed by atoms with Crippen LogP contribution < -0.4 is 0 Å². The molecule has 64 valence electrons. The predicted molar refractivity (Wildman–Crippen MR) is 42.8 cm³/mol. The molecule has 0 N–H and O–H groups in total. The molecule has 0 aliphatic carbocycles. The van der Waals surface area contributed by atoms with Crippen LogP contribution in [0, 0.1) is 0 Å². The lowest BCUT2D eigenvalue weighted by Gasteiger charge is -2.09. The molecular weight excluding hydrogens is 144 g/mol. The number of rotatable bonds is 7. The molecule has 11 heavy (non-hydrogen) atoms. The highest BCUT2D eigenvalue weighted by atomic mass is 17.2. The SMILES string of the molecule is C=CCOCC(C)OOC=C. The molecule has 0 spiro atoms. The number of hydrogen-bond acceptors (Lipinski definition) is 3. The van der Waals surface area contributed by atoms with Crippen LogP contribution in [0.5, 0.6) is 0 Å². The van der Waals surface area contributed by atoms with E-state index in [9.17, 15) is 0 Å². The van der Waals surface area contributed by atoms with Crippen molar-refractivity contribution in [3.63, 3.8) is 0 Å². The Hall–Kier alpha value is -0.800. The van der Waals surface area contributed by atoms with Crippen molar-refractivity contribution in [3.05, 3.63) is 25.5 Å². The third-order valence-corrected chi connectivity index (χ3v) is 0.876. The van der Waals surface area contributed by atoms with Crippen LogP contribution in [0.2, 0.25) is 0 Å². The summed E-state index contributed by atoms with van der Waals surface area (Å²) in [5, 5.41) is 0. The molecule has 0 aliphatic heterocycles. The maximum absolute atomic E-state index is 5.08. The summed E-state index contributed by atoms with van der Waals surface area (Å²) in [7, 11) is 0. The molecule has 0 rings (SSSR count). The first-order chi connectivity index (χ1) is 5.31. The highest BCUT2D eigenvalue weighted by Crippen LogP contribution is 1.92. The van der Waals surface area contributed by atoms with Crippen molar-refractivity contribution in [1.82, 2.24) is 0 Å². The van der Waals surface area contributed by atoms with Crippen LogP contribution in [0.1, 0.15) is 6.92 Å². The largest absolute Gasteiger partial charge is 0.375 e. The minimum Gasteiger partial charge on any atom is -0.375 e. The molecule has 0 amide bonds. The van der Waals surface area contributed by atoms with Crippen LogP contribution in [0.25, 0.3) is 0 Å². The summed E-state index contributed by atoms with van der Waals surface area (Å²) in [4.78, 5) is 9.24. The fraction of sp³-hybridized carbons (Fsp3) is 0.500. The minimum atomic E-state index is -0.0899. The van der Waals surface area contributed by atoms with E-state index in [1.54, 1.807) is 6.08 Å². The molecule has 3 nitrogen and oxygen atoms in total. The Morgan fingerprint density at radius 1 is 1.45 bits per heavy atom. The van der Waals surface area contributed by atoms with Gasteiger partial charge < -0.3 is 9.62 Å². The zero-order chi connectivity index (χ0) is 8.53. The zero-order valence-electron chi connectivity index (χ0n) is 6.79. The van der Waals surface area contributed by atoms with E-state index in [-0.39, 0.29) is 6.10 Å². The van der Waals surface area contributed by atoms with E-state index in [1.807, 2.05) is 6.92 Å². The van der Waals surface area contributed by atoms with Crippen LogP contribution in [-0.4, -0.2) is 19.3 Å². The van der Waals surface area contributed by atoms with Crippen molar-refractivity contribution >= 4 is 0 Å². The summed E-state index contributed by atoms with van der Waals surface area (Å²) < 4.78 is 5.08. The van der Waals surface area contributed by atoms with Crippen LogP contribution in [0.4, 0.5) is 0 Å². The first kappa shape index (κ1) is 10.2. The van der Waals surface area contributed by atoms with Gasteiger partial charge in [-0.2, -0.15) is 4.89 Å². The van der Waals surface area contributed by atoms with Crippen LogP contribution in [0.3, 0.4) is 0 Å². The topological polar surface area (TPSA) is 27.7 Å². The van der Waals surface area contributed by atoms with E-state index in [1.165, 1.54) is 6.26 Å². The Labute approximate surface area is 67.2 Å². The zero-order valence-corrected chi connectivity index (χ0v) is 6.79. The predicted octanol–water partition coefficient (Wildman–Crippen LogP) is 1.67. The molecule has 3 heteroatoms. The van der Waals surface area contributed by atoms with Gasteiger partial charge in [-0.15, -0.1) is 6.58 Å². The van der Waals surface area contributed by atoms with Crippen LogP contribution >= 0.6 is 0 Å². The van der Waals surface area contributed by atoms with E-state index < -0.39 is 0 Å². The van der Waals surface area contributed by atoms with Gasteiger partial charge >= 0.3 is 0 Å². The number of ether oxygens (including phenoxy) is 1. The molecular formula is C8H14O3. The van der Waals surface area contributed by atoms with Crippen LogP contribution in [-0.2, 0) is 14.5 Å². The summed E-state index contributed by atoms with van der Waals surface area (Å²) in [6.45, 7) is 9.69. The summed E-state index contributed by atoms with van der Waals surface area (Å²) in [6, 6.07) is 0. The first-order valence-corrected chi connectivity index (χ1v) is 3.43. The molecule has 0 radical (unpaired) electrons. The van der Waals surface area contributed by atoms with Crippen molar-refractivity contribution < 1.29 is 14.5 Å². The summed E-state index contributed by atoms with van der Waals surface area (Å²) >= 11 is 0. The fourth-order valence-electron chi connectivity index (χ4n) is 0.479. The van der Waals surface area contributed by atoms with Crippen molar-refractivity contribution in [2.75, 3.05) is 13.2 Å². The Balaban J connectivity index is 3.14. The normalized spacial score (nSPS) is 12.1. The van der Waals surface area contributed by atoms with Gasteiger partial charge in [0.05, 0.1) is 13.2 Å². The summed E-state index contributed by atoms with van der Waals surface area (Å²) in [5.41, 5.74) is 0. The van der Waals surface area contributed by atoms with E-state index >= 15 is 0 Å². The lowest BCUT2D eigenvalue weighted by atomic mass is 10.4. The van der Waals surface area contributed by atoms with E-state index in [2.05, 4.69) is 18.0 Å². The minimum absolute atomic E-state index is 0.0899. The van der Waals surface area contributed by atoms with Crippen molar-refractivity contribution in [2.45, 2.75) is 13.0 Å². The highest BCUT2D eigenvalue weighted by Gasteiger charge is 2.00. The van der Waals surface area contributed by atoms with Crippen molar-refractivity contribution in [2.24, 2.45) is 0 Å². The van der Waals surface area contributed by atoms with Gasteiger partial charge in [-0.1, -0.05) is 12.7 Å². The molecule has 0 aromatic rings. The van der Waals surface area contributed by atoms with Gasteiger partial charge in [0, 0.05) is 0 Å². The Bertz CT molecular complexity index is 112. The molecule has 0 fully saturated rings. The molecule has 0 bridgehead atoms. The second-order valence-corrected chi connectivity index (χ2v) is 2.00. The second-order valence-electron chi connectivity index (χ2n) is 2.00. The van der Waals surface area contributed by atoms with E-state index in [0.717, 1.165) is 0 Å². The monoisotopic (exact) mass is 158 g/mol.